The van der Waals surface area contributed by atoms with Crippen LogP contribution >= 0.6 is 0 Å². The zero-order chi connectivity index (χ0) is 13.0. The highest BCUT2D eigenvalue weighted by molar-refractivity contribution is 5.27. The van der Waals surface area contributed by atoms with Crippen LogP contribution in [0, 0.1) is 0 Å². The standard InChI is InChI=1S/C11H18N6O/c1-9(7-18-3)14-11-12-4-5-17(11)6-10-15-13-8-16(10)2/h4-5,8-9H,6-7H2,1-3H3,(H,12,14). The number of nitrogens with zero attached hydrogens (tertiary/aromatic N) is 5. The zero-order valence-electron chi connectivity index (χ0n) is 10.9. The first kappa shape index (κ1) is 12.6. The van der Waals surface area contributed by atoms with Crippen LogP contribution in [0.4, 0.5) is 5.95 Å². The molecular formula is C11H18N6O. The third-order valence-corrected chi connectivity index (χ3v) is 2.62. The van der Waals surface area contributed by atoms with Crippen molar-refractivity contribution in [2.24, 2.45) is 7.05 Å². The van der Waals surface area contributed by atoms with Crippen molar-refractivity contribution in [3.63, 3.8) is 0 Å². The fraction of sp³-hybridized carbons (Fsp3) is 0.545. The Bertz CT molecular complexity index is 491. The molecule has 0 saturated carbocycles. The SMILES string of the molecule is COCC(C)Nc1nccn1Cc1nncn1C. The van der Waals surface area contributed by atoms with Gasteiger partial charge in [-0.1, -0.05) is 0 Å². The maximum atomic E-state index is 5.09. The number of anilines is 1. The van der Waals surface area contributed by atoms with Gasteiger partial charge in [-0.05, 0) is 6.92 Å². The number of aromatic nitrogens is 5. The molecule has 98 valence electrons. The third kappa shape index (κ3) is 2.86. The fourth-order valence-electron chi connectivity index (χ4n) is 1.69. The van der Waals surface area contributed by atoms with Crippen molar-refractivity contribution in [2.75, 3.05) is 19.0 Å². The van der Waals surface area contributed by atoms with Crippen LogP contribution in [-0.4, -0.2) is 44.1 Å². The molecule has 0 aliphatic heterocycles. The van der Waals surface area contributed by atoms with E-state index in [0.29, 0.717) is 13.2 Å². The van der Waals surface area contributed by atoms with Gasteiger partial charge in [-0.3, -0.25) is 0 Å². The summed E-state index contributed by atoms with van der Waals surface area (Å²) in [6, 6.07) is 0.204. The van der Waals surface area contributed by atoms with Gasteiger partial charge >= 0.3 is 0 Å². The summed E-state index contributed by atoms with van der Waals surface area (Å²) >= 11 is 0. The Labute approximate surface area is 106 Å². The summed E-state index contributed by atoms with van der Waals surface area (Å²) in [5.41, 5.74) is 0. The van der Waals surface area contributed by atoms with Crippen LogP contribution in [0.15, 0.2) is 18.7 Å². The number of nitrogens with one attached hydrogen (secondary N) is 1. The van der Waals surface area contributed by atoms with E-state index in [1.807, 2.05) is 29.3 Å². The summed E-state index contributed by atoms with van der Waals surface area (Å²) in [6.07, 6.45) is 5.36. The molecule has 1 unspecified atom stereocenters. The molecule has 0 bridgehead atoms. The molecule has 18 heavy (non-hydrogen) atoms. The average molecular weight is 250 g/mol. The monoisotopic (exact) mass is 250 g/mol. The van der Waals surface area contributed by atoms with Gasteiger partial charge in [0.2, 0.25) is 5.95 Å². The van der Waals surface area contributed by atoms with Gasteiger partial charge in [-0.15, -0.1) is 10.2 Å². The molecule has 0 spiro atoms. The van der Waals surface area contributed by atoms with Crippen molar-refractivity contribution in [2.45, 2.75) is 19.5 Å². The lowest BCUT2D eigenvalue weighted by Gasteiger charge is -2.14. The van der Waals surface area contributed by atoms with E-state index >= 15 is 0 Å². The molecule has 0 aromatic carbocycles. The smallest absolute Gasteiger partial charge is 0.203 e. The first-order chi connectivity index (χ1) is 8.70. The lowest BCUT2D eigenvalue weighted by Crippen LogP contribution is -2.23. The number of ether oxygens (including phenoxy) is 1. The molecule has 2 aromatic heterocycles. The van der Waals surface area contributed by atoms with Crippen LogP contribution < -0.4 is 5.32 Å². The molecule has 0 radical (unpaired) electrons. The van der Waals surface area contributed by atoms with Crippen molar-refractivity contribution in [1.82, 2.24) is 24.3 Å². The number of rotatable bonds is 6. The lowest BCUT2D eigenvalue weighted by atomic mass is 10.4. The normalized spacial score (nSPS) is 12.6. The minimum absolute atomic E-state index is 0.204. The average Bonchev–Trinajstić information content (AvgIpc) is 2.91. The predicted octanol–water partition coefficient (Wildman–Crippen LogP) is 0.507. The molecule has 0 amide bonds. The highest BCUT2D eigenvalue weighted by Crippen LogP contribution is 2.08. The first-order valence-electron chi connectivity index (χ1n) is 5.80. The molecule has 1 atom stereocenters. The van der Waals surface area contributed by atoms with Gasteiger partial charge < -0.3 is 19.2 Å². The second kappa shape index (κ2) is 5.63. The summed E-state index contributed by atoms with van der Waals surface area (Å²) in [4.78, 5) is 4.29. The van der Waals surface area contributed by atoms with E-state index in [2.05, 4.69) is 20.5 Å². The minimum Gasteiger partial charge on any atom is -0.383 e. The summed E-state index contributed by atoms with van der Waals surface area (Å²) in [7, 11) is 3.61. The van der Waals surface area contributed by atoms with E-state index in [1.54, 1.807) is 19.6 Å². The van der Waals surface area contributed by atoms with E-state index < -0.39 is 0 Å². The van der Waals surface area contributed by atoms with E-state index in [-0.39, 0.29) is 6.04 Å². The van der Waals surface area contributed by atoms with Crippen LogP contribution in [0.1, 0.15) is 12.7 Å². The highest BCUT2D eigenvalue weighted by Gasteiger charge is 2.09. The molecule has 2 heterocycles. The summed E-state index contributed by atoms with van der Waals surface area (Å²) in [5, 5.41) is 11.2. The Morgan fingerprint density at radius 2 is 2.33 bits per heavy atom. The maximum Gasteiger partial charge on any atom is 0.203 e. The summed E-state index contributed by atoms with van der Waals surface area (Å²) in [5.74, 6) is 1.69. The minimum atomic E-state index is 0.204. The highest BCUT2D eigenvalue weighted by atomic mass is 16.5. The van der Waals surface area contributed by atoms with Crippen molar-refractivity contribution in [3.8, 4) is 0 Å². The Morgan fingerprint density at radius 1 is 1.50 bits per heavy atom. The Morgan fingerprint density at radius 3 is 3.00 bits per heavy atom. The number of hydrogen-bond acceptors (Lipinski definition) is 5. The Balaban J connectivity index is 2.06. The van der Waals surface area contributed by atoms with Gasteiger partial charge in [-0.2, -0.15) is 0 Å². The number of imidazole rings is 1. The van der Waals surface area contributed by atoms with Crippen LogP contribution in [-0.2, 0) is 18.3 Å². The van der Waals surface area contributed by atoms with E-state index in [0.717, 1.165) is 11.8 Å². The molecule has 1 N–H and O–H groups in total. The second-order valence-corrected chi connectivity index (χ2v) is 4.24. The third-order valence-electron chi connectivity index (χ3n) is 2.62. The van der Waals surface area contributed by atoms with Crippen molar-refractivity contribution in [1.29, 1.82) is 0 Å². The molecule has 0 saturated heterocycles. The molecule has 2 aromatic rings. The van der Waals surface area contributed by atoms with Crippen molar-refractivity contribution in [3.05, 3.63) is 24.5 Å². The maximum absolute atomic E-state index is 5.09. The van der Waals surface area contributed by atoms with Gasteiger partial charge in [0.05, 0.1) is 13.2 Å². The predicted molar refractivity (Wildman–Crippen MR) is 67.3 cm³/mol. The number of methoxy groups -OCH3 is 1. The number of aryl methyl sites for hydroxylation is 1. The zero-order valence-corrected chi connectivity index (χ0v) is 10.9. The molecule has 0 aliphatic carbocycles. The van der Waals surface area contributed by atoms with Gasteiger partial charge in [0.25, 0.3) is 0 Å². The largest absolute Gasteiger partial charge is 0.383 e. The molecule has 7 heteroatoms. The first-order valence-corrected chi connectivity index (χ1v) is 5.80. The summed E-state index contributed by atoms with van der Waals surface area (Å²) in [6.45, 7) is 3.32. The van der Waals surface area contributed by atoms with Gasteiger partial charge in [0.1, 0.15) is 6.33 Å². The van der Waals surface area contributed by atoms with E-state index in [9.17, 15) is 0 Å². The molecule has 2 rings (SSSR count). The van der Waals surface area contributed by atoms with Gasteiger partial charge in [-0.25, -0.2) is 4.98 Å². The number of hydrogen-bond donors (Lipinski definition) is 1. The van der Waals surface area contributed by atoms with Crippen LogP contribution in [0.3, 0.4) is 0 Å². The van der Waals surface area contributed by atoms with Crippen molar-refractivity contribution >= 4 is 5.95 Å². The molecule has 0 aliphatic rings. The molecular weight excluding hydrogens is 232 g/mol. The molecule has 7 nitrogen and oxygen atoms in total. The second-order valence-electron chi connectivity index (χ2n) is 4.24. The Kier molecular flexibility index (Phi) is 3.93. The topological polar surface area (TPSA) is 69.8 Å². The lowest BCUT2D eigenvalue weighted by molar-refractivity contribution is 0.190. The van der Waals surface area contributed by atoms with Crippen LogP contribution in [0.2, 0.25) is 0 Å². The van der Waals surface area contributed by atoms with Crippen molar-refractivity contribution < 1.29 is 4.74 Å². The van der Waals surface area contributed by atoms with E-state index in [1.165, 1.54) is 0 Å². The molecule has 0 fully saturated rings. The van der Waals surface area contributed by atoms with Crippen LogP contribution in [0.5, 0.6) is 0 Å². The summed E-state index contributed by atoms with van der Waals surface area (Å²) < 4.78 is 8.98. The van der Waals surface area contributed by atoms with Gasteiger partial charge in [0, 0.05) is 32.6 Å². The Hall–Kier alpha value is -1.89. The quantitative estimate of drug-likeness (QED) is 0.808. The van der Waals surface area contributed by atoms with Crippen LogP contribution in [0.25, 0.3) is 0 Å². The van der Waals surface area contributed by atoms with Gasteiger partial charge in [0.15, 0.2) is 5.82 Å². The fourth-order valence-corrected chi connectivity index (χ4v) is 1.69. The van der Waals surface area contributed by atoms with E-state index in [4.69, 9.17) is 4.74 Å².